The van der Waals surface area contributed by atoms with E-state index in [-0.39, 0.29) is 0 Å². The van der Waals surface area contributed by atoms with Crippen molar-refractivity contribution in [1.29, 1.82) is 0 Å². The summed E-state index contributed by atoms with van der Waals surface area (Å²) in [5.74, 6) is 0.820. The number of hydrogen-bond donors (Lipinski definition) is 1. The number of nitrogens with one attached hydrogen (secondary N) is 1. The zero-order valence-corrected chi connectivity index (χ0v) is 6.25. The standard InChI is InChI=1S/C8H11NO2/c1-2-8(9-4-1)11-6-7-3-5-10-7/h1-2,4,7,9H,3,5-6H2. The lowest BCUT2D eigenvalue weighted by Crippen LogP contribution is -2.32. The Morgan fingerprint density at radius 2 is 2.64 bits per heavy atom. The summed E-state index contributed by atoms with van der Waals surface area (Å²) in [6.45, 7) is 1.55. The van der Waals surface area contributed by atoms with Gasteiger partial charge in [0.05, 0.1) is 6.10 Å². The van der Waals surface area contributed by atoms with Crippen LogP contribution in [0.3, 0.4) is 0 Å². The van der Waals surface area contributed by atoms with Gasteiger partial charge >= 0.3 is 0 Å². The summed E-state index contributed by atoms with van der Waals surface area (Å²) in [5, 5.41) is 0. The molecule has 0 aromatic carbocycles. The van der Waals surface area contributed by atoms with E-state index in [2.05, 4.69) is 4.98 Å². The van der Waals surface area contributed by atoms with Crippen LogP contribution in [0.1, 0.15) is 6.42 Å². The molecule has 11 heavy (non-hydrogen) atoms. The Hall–Kier alpha value is -0.960. The van der Waals surface area contributed by atoms with Crippen LogP contribution in [-0.2, 0) is 4.74 Å². The number of aromatic amines is 1. The Bertz CT molecular complexity index is 204. The summed E-state index contributed by atoms with van der Waals surface area (Å²) in [7, 11) is 0. The molecule has 0 amide bonds. The predicted octanol–water partition coefficient (Wildman–Crippen LogP) is 1.18. The van der Waals surface area contributed by atoms with Gasteiger partial charge in [0.25, 0.3) is 0 Å². The Morgan fingerprint density at radius 1 is 1.73 bits per heavy atom. The first kappa shape index (κ1) is 6.73. The van der Waals surface area contributed by atoms with E-state index < -0.39 is 0 Å². The van der Waals surface area contributed by atoms with Crippen LogP contribution >= 0.6 is 0 Å². The van der Waals surface area contributed by atoms with E-state index in [0.717, 1.165) is 18.9 Å². The molecule has 0 saturated carbocycles. The minimum Gasteiger partial charge on any atom is -0.476 e. The molecule has 3 heteroatoms. The average molecular weight is 153 g/mol. The molecule has 1 aliphatic rings. The zero-order valence-electron chi connectivity index (χ0n) is 6.25. The van der Waals surface area contributed by atoms with Gasteiger partial charge in [-0.3, -0.25) is 0 Å². The topological polar surface area (TPSA) is 34.2 Å². The molecule has 1 aromatic heterocycles. The lowest BCUT2D eigenvalue weighted by molar-refractivity contribution is -0.0726. The lowest BCUT2D eigenvalue weighted by atomic mass is 10.2. The number of rotatable bonds is 3. The normalized spacial score (nSPS) is 22.7. The summed E-state index contributed by atoms with van der Waals surface area (Å²) in [5.41, 5.74) is 0. The highest BCUT2D eigenvalue weighted by Crippen LogP contribution is 2.13. The molecule has 0 radical (unpaired) electrons. The van der Waals surface area contributed by atoms with Crippen LogP contribution in [0.15, 0.2) is 18.3 Å². The third kappa shape index (κ3) is 1.54. The van der Waals surface area contributed by atoms with Crippen molar-refractivity contribution in [3.05, 3.63) is 18.3 Å². The van der Waals surface area contributed by atoms with E-state index in [4.69, 9.17) is 9.47 Å². The minimum absolute atomic E-state index is 0.318. The molecule has 2 heterocycles. The summed E-state index contributed by atoms with van der Waals surface area (Å²) >= 11 is 0. The quantitative estimate of drug-likeness (QED) is 0.707. The van der Waals surface area contributed by atoms with Crippen LogP contribution in [0.4, 0.5) is 0 Å². The molecule has 1 aliphatic heterocycles. The van der Waals surface area contributed by atoms with Crippen molar-refractivity contribution in [3.63, 3.8) is 0 Å². The average Bonchev–Trinajstić information content (AvgIpc) is 2.36. The molecule has 1 unspecified atom stereocenters. The molecule has 60 valence electrons. The van der Waals surface area contributed by atoms with Crippen LogP contribution in [0.25, 0.3) is 0 Å². The smallest absolute Gasteiger partial charge is 0.190 e. The highest BCUT2D eigenvalue weighted by atomic mass is 16.5. The Labute approximate surface area is 65.3 Å². The number of hydrogen-bond acceptors (Lipinski definition) is 2. The van der Waals surface area contributed by atoms with Gasteiger partial charge in [-0.2, -0.15) is 0 Å². The first-order valence-electron chi connectivity index (χ1n) is 3.83. The molecule has 0 bridgehead atoms. The van der Waals surface area contributed by atoms with Gasteiger partial charge in [0.15, 0.2) is 5.88 Å². The maximum Gasteiger partial charge on any atom is 0.190 e. The molecular weight excluding hydrogens is 142 g/mol. The highest BCUT2D eigenvalue weighted by Gasteiger charge is 2.18. The van der Waals surface area contributed by atoms with E-state index in [1.54, 1.807) is 0 Å². The Morgan fingerprint density at radius 3 is 3.18 bits per heavy atom. The molecular formula is C8H11NO2. The fourth-order valence-electron chi connectivity index (χ4n) is 1.00. The Kier molecular flexibility index (Phi) is 1.81. The van der Waals surface area contributed by atoms with Crippen molar-refractivity contribution in [2.75, 3.05) is 13.2 Å². The largest absolute Gasteiger partial charge is 0.476 e. The van der Waals surface area contributed by atoms with E-state index >= 15 is 0 Å². The van der Waals surface area contributed by atoms with E-state index in [1.165, 1.54) is 0 Å². The number of aromatic nitrogens is 1. The van der Waals surface area contributed by atoms with Crippen LogP contribution < -0.4 is 4.74 Å². The first-order valence-corrected chi connectivity index (χ1v) is 3.83. The maximum atomic E-state index is 5.37. The third-order valence-electron chi connectivity index (χ3n) is 1.79. The summed E-state index contributed by atoms with van der Waals surface area (Å²) < 4.78 is 10.6. The molecule has 1 aromatic rings. The van der Waals surface area contributed by atoms with E-state index in [9.17, 15) is 0 Å². The van der Waals surface area contributed by atoms with Crippen molar-refractivity contribution >= 4 is 0 Å². The summed E-state index contributed by atoms with van der Waals surface area (Å²) in [6, 6.07) is 3.82. The minimum atomic E-state index is 0.318. The van der Waals surface area contributed by atoms with Crippen LogP contribution in [0, 0.1) is 0 Å². The van der Waals surface area contributed by atoms with Crippen molar-refractivity contribution in [1.82, 2.24) is 4.98 Å². The van der Waals surface area contributed by atoms with E-state index in [0.29, 0.717) is 12.7 Å². The second kappa shape index (κ2) is 2.96. The second-order valence-corrected chi connectivity index (χ2v) is 2.63. The van der Waals surface area contributed by atoms with Crippen LogP contribution in [-0.4, -0.2) is 24.3 Å². The van der Waals surface area contributed by atoms with Crippen LogP contribution in [0.2, 0.25) is 0 Å². The number of ether oxygens (including phenoxy) is 2. The van der Waals surface area contributed by atoms with Gasteiger partial charge in [-0.15, -0.1) is 0 Å². The van der Waals surface area contributed by atoms with Crippen molar-refractivity contribution in [2.24, 2.45) is 0 Å². The molecule has 1 atom stereocenters. The first-order chi connectivity index (χ1) is 5.45. The van der Waals surface area contributed by atoms with Gasteiger partial charge in [0.1, 0.15) is 6.61 Å². The zero-order chi connectivity index (χ0) is 7.52. The third-order valence-corrected chi connectivity index (χ3v) is 1.79. The van der Waals surface area contributed by atoms with Gasteiger partial charge < -0.3 is 14.5 Å². The summed E-state index contributed by atoms with van der Waals surface area (Å²) in [6.07, 6.45) is 3.29. The van der Waals surface area contributed by atoms with Crippen molar-refractivity contribution in [3.8, 4) is 5.88 Å². The monoisotopic (exact) mass is 153 g/mol. The van der Waals surface area contributed by atoms with Gasteiger partial charge in [-0.25, -0.2) is 0 Å². The molecule has 2 rings (SSSR count). The lowest BCUT2D eigenvalue weighted by Gasteiger charge is -2.25. The van der Waals surface area contributed by atoms with Crippen LogP contribution in [0.5, 0.6) is 5.88 Å². The SMILES string of the molecule is c1c[nH]c(OCC2CCO2)c1. The molecule has 1 N–H and O–H groups in total. The van der Waals surface area contributed by atoms with Gasteiger partial charge in [0, 0.05) is 19.2 Å². The van der Waals surface area contributed by atoms with Gasteiger partial charge in [0.2, 0.25) is 0 Å². The van der Waals surface area contributed by atoms with Crippen molar-refractivity contribution < 1.29 is 9.47 Å². The number of H-pyrrole nitrogens is 1. The molecule has 1 fully saturated rings. The van der Waals surface area contributed by atoms with E-state index in [1.807, 2.05) is 18.3 Å². The van der Waals surface area contributed by atoms with Gasteiger partial charge in [-0.1, -0.05) is 0 Å². The molecule has 0 spiro atoms. The van der Waals surface area contributed by atoms with Crippen molar-refractivity contribution in [2.45, 2.75) is 12.5 Å². The fourth-order valence-corrected chi connectivity index (χ4v) is 1.00. The fraction of sp³-hybridized carbons (Fsp3) is 0.500. The Balaban J connectivity index is 1.74. The molecule has 0 aliphatic carbocycles. The maximum absolute atomic E-state index is 5.37. The highest BCUT2D eigenvalue weighted by molar-refractivity contribution is 5.09. The molecule has 3 nitrogen and oxygen atoms in total. The second-order valence-electron chi connectivity index (χ2n) is 2.63. The molecule has 1 saturated heterocycles. The summed E-state index contributed by atoms with van der Waals surface area (Å²) in [4.78, 5) is 2.96. The predicted molar refractivity (Wildman–Crippen MR) is 40.6 cm³/mol. The van der Waals surface area contributed by atoms with Gasteiger partial charge in [-0.05, 0) is 12.1 Å².